The number of hydrogen-bond donors (Lipinski definition) is 1. The van der Waals surface area contributed by atoms with Gasteiger partial charge in [-0.15, -0.1) is 0 Å². The first-order valence-electron chi connectivity index (χ1n) is 7.38. The molecule has 1 rings (SSSR count). The third-order valence-corrected chi connectivity index (χ3v) is 3.33. The van der Waals surface area contributed by atoms with E-state index in [0.717, 1.165) is 25.3 Å². The lowest BCUT2D eigenvalue weighted by molar-refractivity contribution is 0.0766. The molecule has 0 aromatic carbocycles. The highest BCUT2D eigenvalue weighted by Gasteiger charge is 2.19. The maximum atomic E-state index is 9.58. The molecule has 0 aliphatic carbocycles. The van der Waals surface area contributed by atoms with Gasteiger partial charge in [0.2, 0.25) is 0 Å². The number of aliphatic hydroxyl groups is 1. The molecule has 1 atom stereocenters. The normalized spacial score (nSPS) is 17.5. The molecule has 3 heteroatoms. The van der Waals surface area contributed by atoms with E-state index in [1.54, 1.807) is 0 Å². The molecule has 3 nitrogen and oxygen atoms in total. The average molecular weight is 252 g/mol. The molecule has 0 fully saturated rings. The Morgan fingerprint density at radius 3 is 2.67 bits per heavy atom. The molecular weight excluding hydrogens is 224 g/mol. The fourth-order valence-corrected chi connectivity index (χ4v) is 2.23. The molecule has 18 heavy (non-hydrogen) atoms. The van der Waals surface area contributed by atoms with Crippen molar-refractivity contribution < 1.29 is 5.11 Å². The van der Waals surface area contributed by atoms with E-state index in [4.69, 9.17) is 0 Å². The summed E-state index contributed by atoms with van der Waals surface area (Å²) in [7, 11) is 0. The Kier molecular flexibility index (Phi) is 7.74. The minimum absolute atomic E-state index is 0.389. The second-order valence-electron chi connectivity index (χ2n) is 4.98. The summed E-state index contributed by atoms with van der Waals surface area (Å²) in [6.45, 7) is 5.77. The van der Waals surface area contributed by atoms with Gasteiger partial charge in [-0.05, 0) is 32.6 Å². The molecule has 1 N–H and O–H groups in total. The zero-order chi connectivity index (χ0) is 13.2. The Balaban J connectivity index is 2.06. The van der Waals surface area contributed by atoms with E-state index in [9.17, 15) is 5.11 Å². The van der Waals surface area contributed by atoms with Crippen molar-refractivity contribution in [3.8, 4) is 0 Å². The van der Waals surface area contributed by atoms with Gasteiger partial charge >= 0.3 is 0 Å². The summed E-state index contributed by atoms with van der Waals surface area (Å²) in [5.41, 5.74) is 0. The largest absolute Gasteiger partial charge is 0.374 e. The van der Waals surface area contributed by atoms with Gasteiger partial charge in [0.05, 0.1) is 6.54 Å². The highest BCUT2D eigenvalue weighted by Crippen LogP contribution is 2.12. The van der Waals surface area contributed by atoms with Gasteiger partial charge in [-0.25, -0.2) is 0 Å². The summed E-state index contributed by atoms with van der Waals surface area (Å²) in [4.78, 5) is 6.47. The van der Waals surface area contributed by atoms with Crippen LogP contribution in [0.4, 0.5) is 0 Å². The maximum Gasteiger partial charge on any atom is 0.125 e. The van der Waals surface area contributed by atoms with Gasteiger partial charge < -0.3 is 10.0 Å². The third kappa shape index (κ3) is 5.67. The predicted octanol–water partition coefficient (Wildman–Crippen LogP) is 3.35. The standard InChI is InChI=1S/C15H28N2O/c1-3-4-5-6-7-8-9-10-11-15-16-12-13-17(15)14(2)18/h6-7,14,18H,3-5,8-13H2,1-2H3/b7-6+. The number of hydrogen-bond acceptors (Lipinski definition) is 3. The van der Waals surface area contributed by atoms with Crippen LogP contribution >= 0.6 is 0 Å². The Hall–Kier alpha value is -0.830. The van der Waals surface area contributed by atoms with Crippen LogP contribution in [0.2, 0.25) is 0 Å². The van der Waals surface area contributed by atoms with Gasteiger partial charge in [0.1, 0.15) is 12.1 Å². The number of aliphatic hydroxyl groups excluding tert-OH is 1. The van der Waals surface area contributed by atoms with Crippen molar-refractivity contribution in [2.24, 2.45) is 4.99 Å². The van der Waals surface area contributed by atoms with Crippen LogP contribution in [0.5, 0.6) is 0 Å². The summed E-state index contributed by atoms with van der Waals surface area (Å²) in [5.74, 6) is 1.10. The van der Waals surface area contributed by atoms with Crippen molar-refractivity contribution in [1.82, 2.24) is 4.90 Å². The molecule has 0 radical (unpaired) electrons. The Morgan fingerprint density at radius 1 is 1.28 bits per heavy atom. The van der Waals surface area contributed by atoms with Gasteiger partial charge in [-0.1, -0.05) is 31.9 Å². The molecule has 0 spiro atoms. The molecule has 0 saturated heterocycles. The molecule has 1 aliphatic heterocycles. The molecule has 0 aromatic heterocycles. The predicted molar refractivity (Wildman–Crippen MR) is 77.8 cm³/mol. The minimum atomic E-state index is -0.389. The van der Waals surface area contributed by atoms with E-state index in [1.807, 2.05) is 11.8 Å². The molecule has 0 aromatic rings. The first-order chi connectivity index (χ1) is 8.75. The van der Waals surface area contributed by atoms with Gasteiger partial charge in [0.15, 0.2) is 0 Å². The van der Waals surface area contributed by atoms with Gasteiger partial charge in [0, 0.05) is 13.0 Å². The molecule has 1 aliphatic rings. The molecule has 104 valence electrons. The topological polar surface area (TPSA) is 35.8 Å². The van der Waals surface area contributed by atoms with Crippen molar-refractivity contribution >= 4 is 5.84 Å². The minimum Gasteiger partial charge on any atom is -0.374 e. The molecule has 1 unspecified atom stereocenters. The van der Waals surface area contributed by atoms with Crippen LogP contribution in [0.25, 0.3) is 0 Å². The number of allylic oxidation sites excluding steroid dienone is 2. The number of rotatable bonds is 9. The Labute approximate surface area is 112 Å². The fourth-order valence-electron chi connectivity index (χ4n) is 2.23. The van der Waals surface area contributed by atoms with Gasteiger partial charge in [-0.2, -0.15) is 0 Å². The molecule has 1 heterocycles. The van der Waals surface area contributed by atoms with Crippen molar-refractivity contribution in [1.29, 1.82) is 0 Å². The van der Waals surface area contributed by atoms with Crippen LogP contribution in [-0.4, -0.2) is 35.2 Å². The van der Waals surface area contributed by atoms with Crippen molar-refractivity contribution in [2.45, 2.75) is 65.0 Å². The van der Waals surface area contributed by atoms with Crippen LogP contribution in [0.15, 0.2) is 17.1 Å². The molecular formula is C15H28N2O. The number of aliphatic imine (C=N–C) groups is 1. The monoisotopic (exact) mass is 252 g/mol. The highest BCUT2D eigenvalue weighted by molar-refractivity contribution is 5.83. The van der Waals surface area contributed by atoms with Crippen molar-refractivity contribution in [3.63, 3.8) is 0 Å². The molecule has 0 amide bonds. The van der Waals surface area contributed by atoms with E-state index in [0.29, 0.717) is 0 Å². The van der Waals surface area contributed by atoms with Crippen LogP contribution < -0.4 is 0 Å². The summed E-state index contributed by atoms with van der Waals surface area (Å²) >= 11 is 0. The van der Waals surface area contributed by atoms with E-state index >= 15 is 0 Å². The second-order valence-corrected chi connectivity index (χ2v) is 4.98. The quantitative estimate of drug-likeness (QED) is 0.504. The lowest BCUT2D eigenvalue weighted by Gasteiger charge is -2.23. The van der Waals surface area contributed by atoms with E-state index < -0.39 is 0 Å². The molecule has 0 bridgehead atoms. The van der Waals surface area contributed by atoms with E-state index in [2.05, 4.69) is 24.1 Å². The summed E-state index contributed by atoms with van der Waals surface area (Å²) in [6.07, 6.45) is 12.6. The van der Waals surface area contributed by atoms with Gasteiger partial charge in [-0.3, -0.25) is 4.99 Å². The summed E-state index contributed by atoms with van der Waals surface area (Å²) in [6, 6.07) is 0. The van der Waals surface area contributed by atoms with E-state index in [-0.39, 0.29) is 6.23 Å². The Bertz CT molecular complexity index is 272. The summed E-state index contributed by atoms with van der Waals surface area (Å²) in [5, 5.41) is 9.58. The highest BCUT2D eigenvalue weighted by atomic mass is 16.3. The summed E-state index contributed by atoms with van der Waals surface area (Å²) < 4.78 is 0. The number of nitrogens with zero attached hydrogens (tertiary/aromatic N) is 2. The average Bonchev–Trinajstić information content (AvgIpc) is 2.81. The van der Waals surface area contributed by atoms with Crippen LogP contribution in [0.1, 0.15) is 58.8 Å². The third-order valence-electron chi connectivity index (χ3n) is 3.33. The number of unbranched alkanes of at least 4 members (excludes halogenated alkanes) is 4. The zero-order valence-electron chi connectivity index (χ0n) is 11.9. The van der Waals surface area contributed by atoms with Gasteiger partial charge in [0.25, 0.3) is 0 Å². The lowest BCUT2D eigenvalue weighted by atomic mass is 10.1. The van der Waals surface area contributed by atoms with Crippen LogP contribution in [0.3, 0.4) is 0 Å². The fraction of sp³-hybridized carbons (Fsp3) is 0.800. The second kappa shape index (κ2) is 9.15. The van der Waals surface area contributed by atoms with E-state index in [1.165, 1.54) is 38.5 Å². The Morgan fingerprint density at radius 2 is 2.00 bits per heavy atom. The zero-order valence-corrected chi connectivity index (χ0v) is 11.9. The number of amidine groups is 1. The lowest BCUT2D eigenvalue weighted by Crippen LogP contribution is -2.35. The van der Waals surface area contributed by atoms with Crippen LogP contribution in [0, 0.1) is 0 Å². The maximum absolute atomic E-state index is 9.58. The van der Waals surface area contributed by atoms with Crippen LogP contribution in [-0.2, 0) is 0 Å². The van der Waals surface area contributed by atoms with Crippen molar-refractivity contribution in [3.05, 3.63) is 12.2 Å². The van der Waals surface area contributed by atoms with Crippen molar-refractivity contribution in [2.75, 3.05) is 13.1 Å². The molecule has 0 saturated carbocycles. The smallest absolute Gasteiger partial charge is 0.125 e. The SMILES string of the molecule is CCCC/C=C/CCCCC1=NCCN1C(C)O. The first-order valence-corrected chi connectivity index (χ1v) is 7.38. The first kappa shape index (κ1) is 15.2.